The standard InChI is InChI=1S/2C12H10O.C2H5.Al/c2*13-12-9-5-4-8-11(12)10-6-2-1-3-7-10;1-2;/h2*1-9,13H;1H2,2H3;/q;;;+2/p-2. The molecule has 2 nitrogen and oxygen atoms in total. The zero-order chi connectivity index (χ0) is 20.9. The molecule has 0 fully saturated rings. The van der Waals surface area contributed by atoms with Crippen molar-refractivity contribution in [1.29, 1.82) is 0 Å². The molecule has 0 unspecified atom stereocenters. The summed E-state index contributed by atoms with van der Waals surface area (Å²) in [5, 5.41) is 24.0. The van der Waals surface area contributed by atoms with Gasteiger partial charge in [-0.2, -0.15) is 0 Å². The van der Waals surface area contributed by atoms with Crippen molar-refractivity contribution in [3.63, 3.8) is 0 Å². The first-order valence-corrected chi connectivity index (χ1v) is 10.3. The number of para-hydroxylation sites is 2. The molecule has 4 rings (SSSR count). The van der Waals surface area contributed by atoms with Crippen molar-refractivity contribution in [2.24, 2.45) is 0 Å². The third-order valence-corrected chi connectivity index (χ3v) is 3.94. The second kappa shape index (κ2) is 12.5. The summed E-state index contributed by atoms with van der Waals surface area (Å²) in [7, 11) is 0. The van der Waals surface area contributed by atoms with E-state index >= 15 is 0 Å². The van der Waals surface area contributed by atoms with Crippen LogP contribution in [-0.4, -0.2) is 16.3 Å². The molecule has 0 saturated carbocycles. The predicted octanol–water partition coefficient (Wildman–Crippen LogP) is 5.45. The van der Waals surface area contributed by atoms with E-state index in [0.29, 0.717) is 0 Å². The summed E-state index contributed by atoms with van der Waals surface area (Å²) in [5.74, 6) is 0.155. The Labute approximate surface area is 181 Å². The third kappa shape index (κ3) is 7.16. The average molecular weight is 394 g/mol. The Balaban J connectivity index is 0.000000183. The van der Waals surface area contributed by atoms with Crippen molar-refractivity contribution in [3.8, 4) is 33.8 Å². The van der Waals surface area contributed by atoms with Crippen molar-refractivity contribution < 1.29 is 10.2 Å². The molecule has 0 atom stereocenters. The molecule has 0 saturated heterocycles. The van der Waals surface area contributed by atoms with E-state index in [4.69, 9.17) is 0 Å². The van der Waals surface area contributed by atoms with Gasteiger partial charge in [0.05, 0.1) is 0 Å². The quantitative estimate of drug-likeness (QED) is 0.425. The van der Waals surface area contributed by atoms with Crippen molar-refractivity contribution in [3.05, 3.63) is 109 Å². The molecule has 142 valence electrons. The maximum absolute atomic E-state index is 11.4. The largest absolute Gasteiger partial charge is 0.872 e. The molecule has 0 aromatic heterocycles. The van der Waals surface area contributed by atoms with Gasteiger partial charge in [0.1, 0.15) is 0 Å². The van der Waals surface area contributed by atoms with Gasteiger partial charge in [-0.05, 0) is 22.3 Å². The van der Waals surface area contributed by atoms with Crippen LogP contribution in [-0.2, 0) is 0 Å². The SMILES string of the molecule is C[CH2][Al+2].[O-]c1ccccc1-c1ccccc1.[O-]c1ccccc1-c1ccccc1. The van der Waals surface area contributed by atoms with Crippen LogP contribution < -0.4 is 10.2 Å². The molecule has 0 heterocycles. The minimum Gasteiger partial charge on any atom is -0.872 e. The maximum atomic E-state index is 11.4. The summed E-state index contributed by atoms with van der Waals surface area (Å²) in [6, 6.07) is 33.5. The molecule has 0 N–H and O–H groups in total. The second-order valence-electron chi connectivity index (χ2n) is 6.13. The fourth-order valence-electron chi connectivity index (χ4n) is 2.65. The number of rotatable bonds is 2. The van der Waals surface area contributed by atoms with Crippen LogP contribution in [0.2, 0.25) is 5.28 Å². The molecule has 3 heteroatoms. The van der Waals surface area contributed by atoms with Crippen molar-refractivity contribution in [1.82, 2.24) is 0 Å². The van der Waals surface area contributed by atoms with Gasteiger partial charge in [-0.15, -0.1) is 11.5 Å². The maximum Gasteiger partial charge on any atom is -0.0190 e. The van der Waals surface area contributed by atoms with Gasteiger partial charge in [-0.3, -0.25) is 0 Å². The molecular weight excluding hydrogens is 371 g/mol. The second-order valence-corrected chi connectivity index (χ2v) is 6.95. The van der Waals surface area contributed by atoms with E-state index in [1.807, 2.05) is 84.9 Å². The van der Waals surface area contributed by atoms with Gasteiger partial charge in [0.25, 0.3) is 0 Å². The first-order valence-electron chi connectivity index (χ1n) is 9.50. The normalized spacial score (nSPS) is 9.48. The van der Waals surface area contributed by atoms with Crippen LogP contribution in [0.25, 0.3) is 22.3 Å². The van der Waals surface area contributed by atoms with Crippen molar-refractivity contribution in [2.45, 2.75) is 12.2 Å². The molecule has 0 amide bonds. The zero-order valence-corrected chi connectivity index (χ0v) is 17.6. The van der Waals surface area contributed by atoms with Gasteiger partial charge < -0.3 is 10.2 Å². The molecule has 0 aliphatic rings. The minimum atomic E-state index is 0.0775. The first kappa shape index (κ1) is 22.3. The van der Waals surface area contributed by atoms with Crippen LogP contribution in [0.3, 0.4) is 0 Å². The summed E-state index contributed by atoms with van der Waals surface area (Å²) >= 11 is 2.58. The Morgan fingerprint density at radius 1 is 0.517 bits per heavy atom. The van der Waals surface area contributed by atoms with E-state index in [-0.39, 0.29) is 11.5 Å². The Bertz CT molecular complexity index is 889. The van der Waals surface area contributed by atoms with E-state index < -0.39 is 0 Å². The number of hydrogen-bond acceptors (Lipinski definition) is 2. The molecule has 4 aromatic rings. The topological polar surface area (TPSA) is 46.1 Å². The van der Waals surface area contributed by atoms with Crippen molar-refractivity contribution >= 4 is 16.3 Å². The van der Waals surface area contributed by atoms with E-state index in [2.05, 4.69) is 23.2 Å². The van der Waals surface area contributed by atoms with Gasteiger partial charge in [0.15, 0.2) is 0 Å². The summed E-state index contributed by atoms with van der Waals surface area (Å²) in [6.45, 7) is 2.09. The molecule has 0 aliphatic heterocycles. The molecule has 0 spiro atoms. The molecule has 0 bridgehead atoms. The predicted molar refractivity (Wildman–Crippen MR) is 119 cm³/mol. The average Bonchev–Trinajstić information content (AvgIpc) is 2.77. The molecule has 0 radical (unpaired) electrons. The van der Waals surface area contributed by atoms with Crippen LogP contribution in [0.5, 0.6) is 11.5 Å². The van der Waals surface area contributed by atoms with Gasteiger partial charge in [-0.25, -0.2) is 0 Å². The summed E-state index contributed by atoms with van der Waals surface area (Å²) < 4.78 is 0. The monoisotopic (exact) mass is 394 g/mol. The fraction of sp³-hybridized carbons (Fsp3) is 0.0769. The van der Waals surface area contributed by atoms with Crippen molar-refractivity contribution in [2.75, 3.05) is 0 Å². The molecule has 0 aliphatic carbocycles. The van der Waals surface area contributed by atoms with Crippen LogP contribution in [0.15, 0.2) is 109 Å². The summed E-state index contributed by atoms with van der Waals surface area (Å²) in [6.07, 6.45) is 0. The Kier molecular flexibility index (Phi) is 9.59. The number of hydrogen-bond donors (Lipinski definition) is 0. The van der Waals surface area contributed by atoms with Gasteiger partial charge in [-0.1, -0.05) is 109 Å². The van der Waals surface area contributed by atoms with Crippen LogP contribution in [0, 0.1) is 0 Å². The fourth-order valence-corrected chi connectivity index (χ4v) is 2.65. The summed E-state index contributed by atoms with van der Waals surface area (Å²) in [4.78, 5) is 0. The van der Waals surface area contributed by atoms with Gasteiger partial charge in [0, 0.05) is 0 Å². The van der Waals surface area contributed by atoms with E-state index in [1.165, 1.54) is 5.28 Å². The minimum absolute atomic E-state index is 0.0775. The molecule has 4 aromatic carbocycles. The smallest absolute Gasteiger partial charge is 0.0190 e. The Morgan fingerprint density at radius 3 is 1.10 bits per heavy atom. The van der Waals surface area contributed by atoms with Crippen LogP contribution in [0.4, 0.5) is 0 Å². The zero-order valence-electron chi connectivity index (χ0n) is 16.5. The molecule has 29 heavy (non-hydrogen) atoms. The van der Waals surface area contributed by atoms with Gasteiger partial charge in [0.2, 0.25) is 0 Å². The summed E-state index contributed by atoms with van der Waals surface area (Å²) in [5.41, 5.74) is 3.49. The van der Waals surface area contributed by atoms with Crippen LogP contribution >= 0.6 is 0 Å². The third-order valence-electron chi connectivity index (χ3n) is 3.94. The van der Waals surface area contributed by atoms with Crippen LogP contribution in [0.1, 0.15) is 6.92 Å². The molecular formula is C26H23AlO2. The number of benzene rings is 4. The van der Waals surface area contributed by atoms with E-state index in [0.717, 1.165) is 22.3 Å². The Hall–Kier alpha value is -2.99. The van der Waals surface area contributed by atoms with Gasteiger partial charge >= 0.3 is 28.5 Å². The van der Waals surface area contributed by atoms with E-state index in [9.17, 15) is 10.2 Å². The van der Waals surface area contributed by atoms with E-state index in [1.54, 1.807) is 24.3 Å². The first-order chi connectivity index (χ1) is 14.2. The Morgan fingerprint density at radius 2 is 0.793 bits per heavy atom.